The highest BCUT2D eigenvalue weighted by Crippen LogP contribution is 2.59. The zero-order valence-electron chi connectivity index (χ0n) is 26.8. The lowest BCUT2D eigenvalue weighted by molar-refractivity contribution is -0.149. The summed E-state index contributed by atoms with van der Waals surface area (Å²) in [6.07, 6.45) is 0.646. The van der Waals surface area contributed by atoms with Crippen molar-refractivity contribution < 1.29 is 29.0 Å². The molecule has 0 radical (unpaired) electrons. The second-order valence-corrected chi connectivity index (χ2v) is 18.4. The Morgan fingerprint density at radius 3 is 2.48 bits per heavy atom. The summed E-state index contributed by atoms with van der Waals surface area (Å²) in [5.41, 5.74) is 2.97. The van der Waals surface area contributed by atoms with Crippen LogP contribution in [0.4, 0.5) is 11.4 Å². The molecule has 10 heteroatoms. The highest BCUT2D eigenvalue weighted by atomic mass is 28.3. The van der Waals surface area contributed by atoms with E-state index in [-0.39, 0.29) is 48.3 Å². The van der Waals surface area contributed by atoms with Crippen LogP contribution in [0.3, 0.4) is 0 Å². The van der Waals surface area contributed by atoms with Crippen LogP contribution >= 0.6 is 0 Å². The minimum atomic E-state index is -2.44. The zero-order valence-corrected chi connectivity index (χ0v) is 27.8. The van der Waals surface area contributed by atoms with Gasteiger partial charge < -0.3 is 29.7 Å². The summed E-state index contributed by atoms with van der Waals surface area (Å²) < 4.78 is 12.5. The Morgan fingerprint density at radius 1 is 1.09 bits per heavy atom. The molecule has 0 bridgehead atoms. The van der Waals surface area contributed by atoms with Crippen molar-refractivity contribution >= 4 is 42.4 Å². The lowest BCUT2D eigenvalue weighted by Gasteiger charge is -2.39. The van der Waals surface area contributed by atoms with Crippen LogP contribution in [-0.4, -0.2) is 68.2 Å². The van der Waals surface area contributed by atoms with Gasteiger partial charge in [-0.3, -0.25) is 14.4 Å². The summed E-state index contributed by atoms with van der Waals surface area (Å²) in [5, 5.41) is 14.6. The lowest BCUT2D eigenvalue weighted by Crippen LogP contribution is -2.52. The molecule has 4 heterocycles. The predicted octanol–water partition coefficient (Wildman–Crippen LogP) is 3.94. The van der Waals surface area contributed by atoms with Crippen molar-refractivity contribution in [2.75, 3.05) is 30.5 Å². The molecule has 7 rings (SSSR count). The third-order valence-electron chi connectivity index (χ3n) is 11.0. The van der Waals surface area contributed by atoms with Gasteiger partial charge in [0.15, 0.2) is 5.60 Å². The number of anilines is 2. The van der Waals surface area contributed by atoms with Crippen LogP contribution in [-0.2, 0) is 37.7 Å². The molecule has 2 saturated heterocycles. The minimum absolute atomic E-state index is 0.0580. The molecule has 3 aromatic rings. The number of aliphatic hydroxyl groups excluding tert-OH is 1. The second kappa shape index (κ2) is 11.4. The SMILES string of the molecule is COc1ccc([Si](C)(C)[C@@H]2[C@@H](CC(=O)N3Cc4ccccc4C[C@H]3CO)O[C@]3(C(=O)Nc4ccc(N5CCC5=O)cc43)[C@H]2C)cc1. The Balaban J connectivity index is 1.28. The van der Waals surface area contributed by atoms with Crippen LogP contribution in [0.25, 0.3) is 0 Å². The van der Waals surface area contributed by atoms with E-state index in [9.17, 15) is 19.5 Å². The van der Waals surface area contributed by atoms with Crippen LogP contribution in [0.5, 0.6) is 5.75 Å². The number of aliphatic hydroxyl groups is 1. The first-order valence-corrected chi connectivity index (χ1v) is 19.2. The van der Waals surface area contributed by atoms with Crippen molar-refractivity contribution in [2.45, 2.75) is 69.1 Å². The summed E-state index contributed by atoms with van der Waals surface area (Å²) in [5.74, 6) is 0.230. The average Bonchev–Trinajstić information content (AvgIpc) is 3.51. The number of methoxy groups -OCH3 is 1. The van der Waals surface area contributed by atoms with Gasteiger partial charge in [0.2, 0.25) is 11.8 Å². The summed E-state index contributed by atoms with van der Waals surface area (Å²) in [6.45, 7) is 7.59. The van der Waals surface area contributed by atoms with E-state index in [0.29, 0.717) is 31.6 Å². The lowest BCUT2D eigenvalue weighted by atomic mass is 9.82. The van der Waals surface area contributed by atoms with E-state index in [1.165, 1.54) is 5.19 Å². The summed E-state index contributed by atoms with van der Waals surface area (Å²) in [7, 11) is -0.794. The van der Waals surface area contributed by atoms with Crippen LogP contribution < -0.4 is 20.1 Å². The maximum Gasteiger partial charge on any atom is 0.261 e. The van der Waals surface area contributed by atoms with Gasteiger partial charge >= 0.3 is 0 Å². The quantitative estimate of drug-likeness (QED) is 0.300. The fourth-order valence-electron chi connectivity index (χ4n) is 8.41. The zero-order chi connectivity index (χ0) is 32.4. The fraction of sp³-hybridized carbons (Fsp3) is 0.417. The van der Waals surface area contributed by atoms with Gasteiger partial charge in [0.25, 0.3) is 5.91 Å². The van der Waals surface area contributed by atoms with Crippen LogP contribution in [0, 0.1) is 5.92 Å². The third-order valence-corrected chi connectivity index (χ3v) is 15.4. The number of hydrogen-bond donors (Lipinski definition) is 2. The highest BCUT2D eigenvalue weighted by molar-refractivity contribution is 6.91. The fourth-order valence-corrected chi connectivity index (χ4v) is 12.4. The first kappa shape index (κ1) is 30.6. The number of β-lactam (4-membered cyclic amide) rings is 1. The highest BCUT2D eigenvalue weighted by Gasteiger charge is 2.65. The normalized spacial score (nSPS) is 26.9. The number of fused-ring (bicyclic) bond motifs is 3. The van der Waals surface area contributed by atoms with E-state index in [1.54, 1.807) is 16.9 Å². The standard InChI is InChI=1S/C36H41N3O6Si/c1-22-34(46(3,4)28-12-10-27(44-2)11-13-28)31(19-33(42)39-20-24-8-6-5-7-23(24)17-26(39)21-40)45-36(22)29-18-25(38-16-15-32(38)41)9-14-30(29)37-35(36)43/h5-14,18,22,26,31,34,40H,15-17,19-21H2,1-4H3,(H,37,43)/t22-,26-,31+,34-,36+/m0/s1. The van der Waals surface area contributed by atoms with Crippen molar-refractivity contribution in [2.24, 2.45) is 5.92 Å². The molecule has 3 aromatic carbocycles. The van der Waals surface area contributed by atoms with Gasteiger partial charge in [-0.2, -0.15) is 0 Å². The minimum Gasteiger partial charge on any atom is -0.497 e. The first-order chi connectivity index (χ1) is 22.1. The molecular formula is C36H41N3O6Si. The number of rotatable bonds is 7. The maximum atomic E-state index is 14.3. The molecule has 4 aliphatic heterocycles. The van der Waals surface area contributed by atoms with E-state index in [1.807, 2.05) is 48.5 Å². The molecule has 240 valence electrons. The topological polar surface area (TPSA) is 108 Å². The van der Waals surface area contributed by atoms with Crippen LogP contribution in [0.1, 0.15) is 36.5 Å². The van der Waals surface area contributed by atoms with Gasteiger partial charge in [-0.15, -0.1) is 0 Å². The van der Waals surface area contributed by atoms with Crippen molar-refractivity contribution in [3.05, 3.63) is 83.4 Å². The van der Waals surface area contributed by atoms with Gasteiger partial charge in [0.1, 0.15) is 5.75 Å². The average molecular weight is 640 g/mol. The van der Waals surface area contributed by atoms with Crippen molar-refractivity contribution in [3.63, 3.8) is 0 Å². The Labute approximate surface area is 270 Å². The molecular weight excluding hydrogens is 598 g/mol. The van der Waals surface area contributed by atoms with E-state index in [2.05, 4.69) is 43.5 Å². The van der Waals surface area contributed by atoms with Gasteiger partial charge in [-0.1, -0.05) is 61.6 Å². The molecule has 5 atom stereocenters. The summed E-state index contributed by atoms with van der Waals surface area (Å²) in [6, 6.07) is 21.5. The van der Waals surface area contributed by atoms with Gasteiger partial charge in [0.05, 0.1) is 40.4 Å². The molecule has 1 spiro atoms. The summed E-state index contributed by atoms with van der Waals surface area (Å²) >= 11 is 0. The van der Waals surface area contributed by atoms with E-state index >= 15 is 0 Å². The molecule has 0 aliphatic carbocycles. The number of carbonyl (C=O) groups is 3. The number of benzene rings is 3. The Bertz CT molecular complexity index is 1710. The van der Waals surface area contributed by atoms with Gasteiger partial charge in [-0.25, -0.2) is 0 Å². The Hall–Kier alpha value is -3.99. The number of carbonyl (C=O) groups excluding carboxylic acids is 3. The number of nitrogens with one attached hydrogen (secondary N) is 1. The maximum absolute atomic E-state index is 14.3. The molecule has 0 unspecified atom stereocenters. The smallest absolute Gasteiger partial charge is 0.261 e. The molecule has 4 aliphatic rings. The van der Waals surface area contributed by atoms with Crippen molar-refractivity contribution in [1.29, 1.82) is 0 Å². The molecule has 0 saturated carbocycles. The monoisotopic (exact) mass is 639 g/mol. The van der Waals surface area contributed by atoms with Crippen LogP contribution in [0.2, 0.25) is 18.6 Å². The van der Waals surface area contributed by atoms with E-state index in [4.69, 9.17) is 9.47 Å². The molecule has 3 amide bonds. The van der Waals surface area contributed by atoms with Crippen molar-refractivity contribution in [3.8, 4) is 5.75 Å². The third kappa shape index (κ3) is 4.68. The van der Waals surface area contributed by atoms with Gasteiger partial charge in [0, 0.05) is 42.4 Å². The first-order valence-electron chi connectivity index (χ1n) is 16.1. The number of hydrogen-bond acceptors (Lipinski definition) is 6. The predicted molar refractivity (Wildman–Crippen MR) is 178 cm³/mol. The molecule has 0 aromatic heterocycles. The second-order valence-electron chi connectivity index (χ2n) is 13.7. The Morgan fingerprint density at radius 2 is 1.83 bits per heavy atom. The van der Waals surface area contributed by atoms with E-state index in [0.717, 1.165) is 28.1 Å². The number of ether oxygens (including phenoxy) is 2. The molecule has 2 N–H and O–H groups in total. The molecule has 2 fully saturated rings. The molecule has 9 nitrogen and oxygen atoms in total. The number of nitrogens with zero attached hydrogens (tertiary/aromatic N) is 2. The summed E-state index contributed by atoms with van der Waals surface area (Å²) in [4.78, 5) is 44.3. The Kier molecular flexibility index (Phi) is 7.57. The van der Waals surface area contributed by atoms with Crippen LogP contribution in [0.15, 0.2) is 66.7 Å². The molecule has 46 heavy (non-hydrogen) atoms. The largest absolute Gasteiger partial charge is 0.497 e. The van der Waals surface area contributed by atoms with E-state index < -0.39 is 19.8 Å². The number of amides is 3. The van der Waals surface area contributed by atoms with Crippen molar-refractivity contribution in [1.82, 2.24) is 4.90 Å². The van der Waals surface area contributed by atoms with Gasteiger partial charge in [-0.05, 0) is 53.4 Å².